The Hall–Kier alpha value is -0.383. The minimum absolute atomic E-state index is 0. The maximum atomic E-state index is 11.0. The van der Waals surface area contributed by atoms with Crippen LogP contribution in [-0.2, 0) is 10.1 Å². The van der Waals surface area contributed by atoms with E-state index in [-0.39, 0.29) is 29.6 Å². The van der Waals surface area contributed by atoms with E-state index in [0.717, 1.165) is 12.1 Å². The van der Waals surface area contributed by atoms with E-state index in [0.29, 0.717) is 0 Å². The second kappa shape index (κ2) is 4.42. The van der Waals surface area contributed by atoms with E-state index in [4.69, 9.17) is 21.9 Å². The van der Waals surface area contributed by atoms with Gasteiger partial charge in [-0.05, 0) is 12.1 Å². The summed E-state index contributed by atoms with van der Waals surface area (Å²) in [7, 11) is -4.52. The van der Waals surface area contributed by atoms with E-state index in [9.17, 15) is 13.5 Å². The summed E-state index contributed by atoms with van der Waals surface area (Å²) in [6.45, 7) is 0. The van der Waals surface area contributed by atoms with E-state index in [1.54, 1.807) is 0 Å². The molecular formula is C6H5ClLiNO4S. The summed E-state index contributed by atoms with van der Waals surface area (Å²) in [6.07, 6.45) is 0. The molecule has 1 aromatic rings. The van der Waals surface area contributed by atoms with Gasteiger partial charge in [-0.1, -0.05) is 17.4 Å². The van der Waals surface area contributed by atoms with Gasteiger partial charge in [-0.25, -0.2) is 0 Å². The minimum Gasteiger partial charge on any atom is -0.871 e. The zero-order valence-corrected chi connectivity index (χ0v) is 8.76. The first-order valence-corrected chi connectivity index (χ1v) is 4.87. The Morgan fingerprint density at radius 3 is 2.36 bits per heavy atom. The van der Waals surface area contributed by atoms with Crippen LogP contribution >= 0.6 is 11.6 Å². The maximum absolute atomic E-state index is 11.0. The fraction of sp³-hybridized carbons (Fsp3) is 0. The summed E-state index contributed by atoms with van der Waals surface area (Å²) in [5, 5.41) is 10.9. The number of rotatable bonds is 1. The molecule has 14 heavy (non-hydrogen) atoms. The first-order valence-electron chi connectivity index (χ1n) is 3.06. The van der Waals surface area contributed by atoms with Crippen LogP contribution in [0.2, 0.25) is 5.02 Å². The Bertz CT molecular complexity index is 447. The van der Waals surface area contributed by atoms with Crippen molar-refractivity contribution in [1.82, 2.24) is 0 Å². The quantitative estimate of drug-likeness (QED) is 0.309. The number of nitrogen functional groups attached to an aromatic ring is 1. The molecule has 0 saturated carbocycles. The van der Waals surface area contributed by atoms with Gasteiger partial charge in [-0.3, -0.25) is 4.55 Å². The Morgan fingerprint density at radius 2 is 1.93 bits per heavy atom. The van der Waals surface area contributed by atoms with Crippen molar-refractivity contribution in [2.45, 2.75) is 4.90 Å². The van der Waals surface area contributed by atoms with Gasteiger partial charge in [0.25, 0.3) is 10.1 Å². The molecule has 0 aromatic heterocycles. The third kappa shape index (κ3) is 2.80. The van der Waals surface area contributed by atoms with Crippen LogP contribution in [0.4, 0.5) is 5.69 Å². The van der Waals surface area contributed by atoms with E-state index in [1.165, 1.54) is 0 Å². The van der Waals surface area contributed by atoms with E-state index < -0.39 is 20.8 Å². The molecule has 0 fully saturated rings. The minimum atomic E-state index is -4.52. The third-order valence-corrected chi connectivity index (χ3v) is 2.54. The Kier molecular flexibility index (Phi) is 4.30. The number of halogens is 1. The van der Waals surface area contributed by atoms with Crippen LogP contribution in [-0.4, -0.2) is 13.0 Å². The average Bonchev–Trinajstić information content (AvgIpc) is 1.94. The van der Waals surface area contributed by atoms with Gasteiger partial charge < -0.3 is 10.8 Å². The fourth-order valence-electron chi connectivity index (χ4n) is 0.752. The van der Waals surface area contributed by atoms with Gasteiger partial charge in [0.2, 0.25) is 0 Å². The molecule has 0 saturated heterocycles. The van der Waals surface area contributed by atoms with E-state index in [2.05, 4.69) is 0 Å². The first kappa shape index (κ1) is 13.6. The SMILES string of the molecule is Nc1cc(S(=O)(=O)O)c([O-])cc1Cl.[Li+]. The van der Waals surface area contributed by atoms with Gasteiger partial charge in [-0.2, -0.15) is 8.42 Å². The van der Waals surface area contributed by atoms with Crippen LogP contribution in [0.3, 0.4) is 0 Å². The third-order valence-electron chi connectivity index (χ3n) is 1.34. The summed E-state index contributed by atoms with van der Waals surface area (Å²) in [5.41, 5.74) is 5.16. The maximum Gasteiger partial charge on any atom is 1.00 e. The average molecular weight is 230 g/mol. The van der Waals surface area contributed by atoms with Crippen molar-refractivity contribution in [3.05, 3.63) is 17.2 Å². The van der Waals surface area contributed by atoms with Gasteiger partial charge >= 0.3 is 18.9 Å². The van der Waals surface area contributed by atoms with Crippen molar-refractivity contribution in [3.8, 4) is 5.75 Å². The summed E-state index contributed by atoms with van der Waals surface area (Å²) in [5.74, 6) is -0.887. The molecule has 5 nitrogen and oxygen atoms in total. The van der Waals surface area contributed by atoms with E-state index >= 15 is 0 Å². The topological polar surface area (TPSA) is 103 Å². The molecule has 0 atom stereocenters. The molecule has 8 heteroatoms. The van der Waals surface area contributed by atoms with Crippen molar-refractivity contribution in [2.75, 3.05) is 5.73 Å². The zero-order valence-electron chi connectivity index (χ0n) is 7.19. The van der Waals surface area contributed by atoms with Crippen molar-refractivity contribution in [3.63, 3.8) is 0 Å². The van der Waals surface area contributed by atoms with Gasteiger partial charge in [-0.15, -0.1) is 0 Å². The monoisotopic (exact) mass is 229 g/mol. The normalized spacial score (nSPS) is 10.7. The van der Waals surface area contributed by atoms with Crippen LogP contribution in [0.5, 0.6) is 5.75 Å². The summed E-state index contributed by atoms with van der Waals surface area (Å²) >= 11 is 5.43. The van der Waals surface area contributed by atoms with Crippen LogP contribution in [0.25, 0.3) is 0 Å². The van der Waals surface area contributed by atoms with Crippen LogP contribution in [0, 0.1) is 0 Å². The molecule has 0 amide bonds. The standard InChI is InChI=1S/C6H6ClNO4S.Li/c7-3-1-5(9)6(2-4(3)8)13(10,11)12;/h1-2,9H,8H2,(H,10,11,12);/q;+1/p-1. The van der Waals surface area contributed by atoms with Crippen LogP contribution < -0.4 is 29.7 Å². The second-order valence-electron chi connectivity index (χ2n) is 2.30. The van der Waals surface area contributed by atoms with Gasteiger partial charge in [0.1, 0.15) is 0 Å². The predicted molar refractivity (Wildman–Crippen MR) is 45.1 cm³/mol. The molecule has 0 aliphatic carbocycles. The summed E-state index contributed by atoms with van der Waals surface area (Å²) in [4.78, 5) is -0.769. The molecule has 1 rings (SSSR count). The van der Waals surface area contributed by atoms with Crippen LogP contribution in [0.15, 0.2) is 17.0 Å². The van der Waals surface area contributed by atoms with Crippen LogP contribution in [0.1, 0.15) is 0 Å². The van der Waals surface area contributed by atoms with Crippen molar-refractivity contribution in [2.24, 2.45) is 0 Å². The van der Waals surface area contributed by atoms with Gasteiger partial charge in [0, 0.05) is 0 Å². The molecule has 0 heterocycles. The molecule has 0 bridgehead atoms. The van der Waals surface area contributed by atoms with Crippen molar-refractivity contribution in [1.29, 1.82) is 0 Å². The number of hydrogen-bond donors (Lipinski definition) is 2. The number of benzene rings is 1. The molecule has 1 aromatic carbocycles. The Balaban J connectivity index is 0.00000169. The molecule has 0 spiro atoms. The molecule has 0 radical (unpaired) electrons. The van der Waals surface area contributed by atoms with Crippen molar-refractivity contribution < 1.29 is 36.9 Å². The largest absolute Gasteiger partial charge is 1.00 e. The number of nitrogens with two attached hydrogens (primary N) is 1. The smallest absolute Gasteiger partial charge is 0.871 e. The fourth-order valence-corrected chi connectivity index (χ4v) is 1.50. The van der Waals surface area contributed by atoms with Gasteiger partial charge in [0.05, 0.1) is 15.6 Å². The summed E-state index contributed by atoms with van der Waals surface area (Å²) < 4.78 is 29.7. The number of hydrogen-bond acceptors (Lipinski definition) is 4. The first-order chi connectivity index (χ1) is 5.82. The van der Waals surface area contributed by atoms with Gasteiger partial charge in [0.15, 0.2) is 0 Å². The van der Waals surface area contributed by atoms with Crippen molar-refractivity contribution >= 4 is 27.4 Å². The van der Waals surface area contributed by atoms with E-state index in [1.807, 2.05) is 0 Å². The molecule has 0 unspecified atom stereocenters. The molecule has 0 aliphatic rings. The predicted octanol–water partition coefficient (Wildman–Crippen LogP) is -2.75. The number of anilines is 1. The summed E-state index contributed by atoms with van der Waals surface area (Å²) in [6, 6.07) is 1.65. The molecule has 72 valence electrons. The molecule has 3 N–H and O–H groups in total. The molecule has 0 aliphatic heterocycles. The zero-order chi connectivity index (χ0) is 10.2. The molecular weight excluding hydrogens is 225 g/mol. The second-order valence-corrected chi connectivity index (χ2v) is 4.09. The Morgan fingerprint density at radius 1 is 1.43 bits per heavy atom. The Labute approximate surface area is 97.8 Å².